The molecule has 0 atom stereocenters. The summed E-state index contributed by atoms with van der Waals surface area (Å²) in [6, 6.07) is 11.7. The molecule has 1 aliphatic heterocycles. The van der Waals surface area contributed by atoms with Crippen LogP contribution in [0.15, 0.2) is 47.6 Å². The summed E-state index contributed by atoms with van der Waals surface area (Å²) in [5.41, 5.74) is 4.05. The summed E-state index contributed by atoms with van der Waals surface area (Å²) in [7, 11) is 0. The smallest absolute Gasteiger partial charge is 0.328 e. The van der Waals surface area contributed by atoms with Gasteiger partial charge in [-0.05, 0) is 37.1 Å². The monoisotopic (exact) mass is 376 g/mol. The van der Waals surface area contributed by atoms with E-state index < -0.39 is 11.7 Å². The highest BCUT2D eigenvalue weighted by Gasteiger charge is 2.29. The first-order chi connectivity index (χ1) is 12.8. The minimum Gasteiger partial charge on any atom is -0.328 e. The van der Waals surface area contributed by atoms with Gasteiger partial charge in [-0.25, -0.2) is 0 Å². The third-order valence-electron chi connectivity index (χ3n) is 4.99. The molecule has 3 nitrogen and oxygen atoms in total. The molecule has 0 aliphatic carbocycles. The van der Waals surface area contributed by atoms with Gasteiger partial charge in [0.15, 0.2) is 0 Å². The predicted octanol–water partition coefficient (Wildman–Crippen LogP) is 3.06. The lowest BCUT2D eigenvalue weighted by molar-refractivity contribution is -0.918. The molecule has 1 aliphatic rings. The van der Waals surface area contributed by atoms with Crippen molar-refractivity contribution in [3.8, 4) is 0 Å². The van der Waals surface area contributed by atoms with Crippen LogP contribution in [0.1, 0.15) is 27.8 Å². The van der Waals surface area contributed by atoms with Crippen LogP contribution in [0.2, 0.25) is 0 Å². The molecule has 27 heavy (non-hydrogen) atoms. The van der Waals surface area contributed by atoms with Gasteiger partial charge in [0, 0.05) is 5.56 Å². The normalized spacial score (nSPS) is 16.3. The molecule has 144 valence electrons. The van der Waals surface area contributed by atoms with E-state index in [2.05, 4.69) is 37.1 Å². The molecule has 0 spiro atoms. The fraction of sp³-hybridized carbons (Fsp3) is 0.381. The summed E-state index contributed by atoms with van der Waals surface area (Å²) >= 11 is 0. The molecule has 0 aromatic heterocycles. The van der Waals surface area contributed by atoms with Crippen LogP contribution in [0.25, 0.3) is 0 Å². The van der Waals surface area contributed by atoms with Gasteiger partial charge >= 0.3 is 6.18 Å². The van der Waals surface area contributed by atoms with Crippen molar-refractivity contribution < 1.29 is 18.1 Å². The summed E-state index contributed by atoms with van der Waals surface area (Å²) in [5, 5.41) is 6.42. The van der Waals surface area contributed by atoms with E-state index in [-0.39, 0.29) is 0 Å². The largest absolute Gasteiger partial charge is 0.416 e. The van der Waals surface area contributed by atoms with E-state index in [0.29, 0.717) is 5.56 Å². The fourth-order valence-corrected chi connectivity index (χ4v) is 3.32. The summed E-state index contributed by atoms with van der Waals surface area (Å²) < 4.78 is 37.8. The highest BCUT2D eigenvalue weighted by molar-refractivity contribution is 5.79. The Bertz CT molecular complexity index is 789. The van der Waals surface area contributed by atoms with E-state index in [1.54, 1.807) is 6.21 Å². The zero-order valence-electron chi connectivity index (χ0n) is 15.7. The van der Waals surface area contributed by atoms with E-state index in [1.165, 1.54) is 33.7 Å². The van der Waals surface area contributed by atoms with E-state index in [9.17, 15) is 13.2 Å². The number of hydrazone groups is 1. The van der Waals surface area contributed by atoms with E-state index in [1.807, 2.05) is 5.01 Å². The number of nitrogens with zero attached hydrogens (tertiary/aromatic N) is 2. The second-order valence-corrected chi connectivity index (χ2v) is 7.17. The maximum absolute atomic E-state index is 12.6. The van der Waals surface area contributed by atoms with Crippen LogP contribution in [0, 0.1) is 13.8 Å². The van der Waals surface area contributed by atoms with Gasteiger partial charge in [0.25, 0.3) is 0 Å². The Labute approximate surface area is 158 Å². The number of benzene rings is 2. The molecule has 1 fully saturated rings. The molecule has 0 unspecified atom stereocenters. The standard InChI is InChI=1S/C21H24F3N3/c1-16-3-6-19(17(2)13-16)15-26-9-11-27(12-10-26)25-14-18-4-7-20(8-5-18)21(22,23)24/h3-8,13-14H,9-12,15H2,1-2H3/p+1/b25-14-. The predicted molar refractivity (Wildman–Crippen MR) is 101 cm³/mol. The van der Waals surface area contributed by atoms with Gasteiger partial charge < -0.3 is 4.90 Å². The Morgan fingerprint density at radius 1 is 1.04 bits per heavy atom. The van der Waals surface area contributed by atoms with Gasteiger partial charge in [-0.15, -0.1) is 0 Å². The van der Waals surface area contributed by atoms with Crippen molar-refractivity contribution in [2.75, 3.05) is 26.2 Å². The van der Waals surface area contributed by atoms with Crippen molar-refractivity contribution in [3.63, 3.8) is 0 Å². The number of hydrogen-bond donors (Lipinski definition) is 1. The van der Waals surface area contributed by atoms with Gasteiger partial charge in [0.05, 0.1) is 38.0 Å². The number of alkyl halides is 3. The Morgan fingerprint density at radius 2 is 1.70 bits per heavy atom. The summed E-state index contributed by atoms with van der Waals surface area (Å²) in [6.07, 6.45) is -2.67. The van der Waals surface area contributed by atoms with Gasteiger partial charge in [0.2, 0.25) is 0 Å². The van der Waals surface area contributed by atoms with Gasteiger partial charge in [-0.1, -0.05) is 35.9 Å². The molecule has 2 aromatic rings. The van der Waals surface area contributed by atoms with Gasteiger partial charge in [-0.3, -0.25) is 5.01 Å². The molecular formula is C21H25F3N3+. The van der Waals surface area contributed by atoms with Crippen molar-refractivity contribution in [2.24, 2.45) is 5.10 Å². The Balaban J connectivity index is 1.51. The second kappa shape index (κ2) is 8.13. The number of piperazine rings is 1. The number of rotatable bonds is 4. The maximum atomic E-state index is 12.6. The molecule has 0 bridgehead atoms. The lowest BCUT2D eigenvalue weighted by Crippen LogP contribution is -3.13. The van der Waals surface area contributed by atoms with Crippen LogP contribution >= 0.6 is 0 Å². The lowest BCUT2D eigenvalue weighted by atomic mass is 10.1. The van der Waals surface area contributed by atoms with Crippen LogP contribution in [0.5, 0.6) is 0 Å². The summed E-state index contributed by atoms with van der Waals surface area (Å²) in [5.74, 6) is 0. The quantitative estimate of drug-likeness (QED) is 0.813. The topological polar surface area (TPSA) is 20.0 Å². The van der Waals surface area contributed by atoms with Crippen molar-refractivity contribution >= 4 is 6.21 Å². The zero-order valence-corrected chi connectivity index (χ0v) is 15.7. The number of aryl methyl sites for hydroxylation is 2. The molecule has 1 heterocycles. The molecular weight excluding hydrogens is 351 g/mol. The first-order valence-electron chi connectivity index (χ1n) is 9.17. The van der Waals surface area contributed by atoms with Crippen LogP contribution in [0.4, 0.5) is 13.2 Å². The van der Waals surface area contributed by atoms with E-state index >= 15 is 0 Å². The zero-order chi connectivity index (χ0) is 19.4. The van der Waals surface area contributed by atoms with Crippen molar-refractivity contribution in [3.05, 3.63) is 70.3 Å². The average Bonchev–Trinajstić information content (AvgIpc) is 2.63. The Morgan fingerprint density at radius 3 is 2.30 bits per heavy atom. The summed E-state index contributed by atoms with van der Waals surface area (Å²) in [6.45, 7) is 8.97. The van der Waals surface area contributed by atoms with Crippen LogP contribution in [-0.4, -0.2) is 37.4 Å². The van der Waals surface area contributed by atoms with Crippen LogP contribution in [0.3, 0.4) is 0 Å². The molecule has 6 heteroatoms. The van der Waals surface area contributed by atoms with Crippen LogP contribution in [-0.2, 0) is 12.7 Å². The molecule has 0 saturated carbocycles. The second-order valence-electron chi connectivity index (χ2n) is 7.17. The van der Waals surface area contributed by atoms with Crippen molar-refractivity contribution in [1.29, 1.82) is 0 Å². The molecule has 2 aromatic carbocycles. The fourth-order valence-electron chi connectivity index (χ4n) is 3.32. The molecule has 1 saturated heterocycles. The Hall–Kier alpha value is -2.34. The lowest BCUT2D eigenvalue weighted by Gasteiger charge is -2.30. The molecule has 1 N–H and O–H groups in total. The minimum atomic E-state index is -4.30. The molecule has 0 amide bonds. The number of hydrogen-bond acceptors (Lipinski definition) is 2. The number of halogens is 3. The third-order valence-corrected chi connectivity index (χ3v) is 4.99. The van der Waals surface area contributed by atoms with Crippen molar-refractivity contribution in [2.45, 2.75) is 26.6 Å². The number of quaternary nitrogens is 1. The molecule has 0 radical (unpaired) electrons. The van der Waals surface area contributed by atoms with Gasteiger partial charge in [0.1, 0.15) is 6.54 Å². The average molecular weight is 376 g/mol. The summed E-state index contributed by atoms with van der Waals surface area (Å²) in [4.78, 5) is 1.53. The van der Waals surface area contributed by atoms with Crippen LogP contribution < -0.4 is 4.90 Å². The van der Waals surface area contributed by atoms with Crippen molar-refractivity contribution in [1.82, 2.24) is 5.01 Å². The van der Waals surface area contributed by atoms with Gasteiger partial charge in [-0.2, -0.15) is 18.3 Å². The first-order valence-corrected chi connectivity index (χ1v) is 9.17. The minimum absolute atomic E-state index is 0.636. The van der Waals surface area contributed by atoms with E-state index in [0.717, 1.165) is 44.9 Å². The third kappa shape index (κ3) is 5.32. The Kier molecular flexibility index (Phi) is 5.85. The SMILES string of the molecule is Cc1ccc(C[NH+]2CCN(/N=C\c3ccc(C(F)(F)F)cc3)CC2)c(C)c1. The highest BCUT2D eigenvalue weighted by Crippen LogP contribution is 2.28. The van der Waals surface area contributed by atoms with E-state index in [4.69, 9.17) is 0 Å². The highest BCUT2D eigenvalue weighted by atomic mass is 19.4. The molecule has 3 rings (SSSR count). The maximum Gasteiger partial charge on any atom is 0.416 e. The number of nitrogens with one attached hydrogen (secondary N) is 1. The first kappa shape index (κ1) is 19.4.